The fourth-order valence-electron chi connectivity index (χ4n) is 2.09. The number of carbonyl (C=O) groups is 1. The molecular formula is C13H22N4O2S. The van der Waals surface area contributed by atoms with E-state index in [9.17, 15) is 4.79 Å². The van der Waals surface area contributed by atoms with Crippen molar-refractivity contribution in [2.45, 2.75) is 39.0 Å². The van der Waals surface area contributed by atoms with Crippen molar-refractivity contribution in [2.24, 2.45) is 11.1 Å². The zero-order valence-corrected chi connectivity index (χ0v) is 13.0. The van der Waals surface area contributed by atoms with Crippen LogP contribution in [0, 0.1) is 5.41 Å². The number of rotatable bonds is 3. The number of nitrogens with two attached hydrogens (primary N) is 1. The summed E-state index contributed by atoms with van der Waals surface area (Å²) >= 11 is 1.42. The van der Waals surface area contributed by atoms with E-state index in [-0.39, 0.29) is 11.3 Å². The van der Waals surface area contributed by atoms with E-state index in [1.54, 1.807) is 0 Å². The van der Waals surface area contributed by atoms with Gasteiger partial charge in [-0.3, -0.25) is 10.1 Å². The van der Waals surface area contributed by atoms with E-state index in [2.05, 4.69) is 36.3 Å². The summed E-state index contributed by atoms with van der Waals surface area (Å²) in [4.78, 5) is 12.5. The van der Waals surface area contributed by atoms with Crippen molar-refractivity contribution < 1.29 is 9.53 Å². The Kier molecular flexibility index (Phi) is 4.41. The zero-order valence-electron chi connectivity index (χ0n) is 12.2. The fourth-order valence-corrected chi connectivity index (χ4v) is 2.89. The number of aromatic nitrogens is 2. The number of carbonyl (C=O) groups excluding carboxylic acids is 1. The summed E-state index contributed by atoms with van der Waals surface area (Å²) in [5, 5.41) is 12.5. The third-order valence-corrected chi connectivity index (χ3v) is 4.87. The molecule has 1 amide bonds. The molecule has 1 saturated heterocycles. The molecule has 1 aliphatic heterocycles. The van der Waals surface area contributed by atoms with Gasteiger partial charge in [-0.05, 0) is 12.8 Å². The molecule has 0 radical (unpaired) electrons. The van der Waals surface area contributed by atoms with Gasteiger partial charge in [-0.15, -0.1) is 10.2 Å². The zero-order chi connectivity index (χ0) is 14.8. The van der Waals surface area contributed by atoms with Gasteiger partial charge in [-0.1, -0.05) is 32.1 Å². The van der Waals surface area contributed by atoms with E-state index in [0.29, 0.717) is 37.7 Å². The molecule has 1 aliphatic rings. The van der Waals surface area contributed by atoms with Crippen LogP contribution in [0.5, 0.6) is 0 Å². The molecule has 3 N–H and O–H groups in total. The molecule has 0 aromatic carbocycles. The van der Waals surface area contributed by atoms with Crippen molar-refractivity contribution >= 4 is 22.4 Å². The van der Waals surface area contributed by atoms with Gasteiger partial charge in [0.2, 0.25) is 11.0 Å². The first-order chi connectivity index (χ1) is 9.37. The smallest absolute Gasteiger partial charge is 0.233 e. The molecule has 1 aromatic heterocycles. The van der Waals surface area contributed by atoms with Gasteiger partial charge < -0.3 is 10.5 Å². The number of hydrogen-bond donors (Lipinski definition) is 2. The Hall–Kier alpha value is -1.05. The Labute approximate surface area is 123 Å². The summed E-state index contributed by atoms with van der Waals surface area (Å²) in [5.74, 6) is -0.0695. The van der Waals surface area contributed by atoms with Crippen molar-refractivity contribution in [2.75, 3.05) is 25.1 Å². The van der Waals surface area contributed by atoms with Crippen LogP contribution in [-0.4, -0.2) is 35.9 Å². The fraction of sp³-hybridized carbons (Fsp3) is 0.769. The van der Waals surface area contributed by atoms with Crippen molar-refractivity contribution in [3.8, 4) is 0 Å². The summed E-state index contributed by atoms with van der Waals surface area (Å²) < 4.78 is 5.31. The van der Waals surface area contributed by atoms with Crippen LogP contribution in [-0.2, 0) is 14.9 Å². The lowest BCUT2D eigenvalue weighted by Gasteiger charge is -2.34. The lowest BCUT2D eigenvalue weighted by Crippen LogP contribution is -2.46. The normalized spacial score (nSPS) is 18.8. The minimum absolute atomic E-state index is 0.0646. The largest absolute Gasteiger partial charge is 0.381 e. The number of anilines is 1. The maximum Gasteiger partial charge on any atom is 0.233 e. The third kappa shape index (κ3) is 3.16. The van der Waals surface area contributed by atoms with Crippen molar-refractivity contribution in [3.05, 3.63) is 5.01 Å². The van der Waals surface area contributed by atoms with Crippen molar-refractivity contribution in [1.29, 1.82) is 0 Å². The number of ether oxygens (including phenoxy) is 1. The van der Waals surface area contributed by atoms with Crippen LogP contribution in [0.15, 0.2) is 0 Å². The first kappa shape index (κ1) is 15.3. The average Bonchev–Trinajstić information content (AvgIpc) is 2.88. The van der Waals surface area contributed by atoms with Crippen LogP contribution < -0.4 is 11.1 Å². The maximum absolute atomic E-state index is 12.5. The molecule has 112 valence electrons. The van der Waals surface area contributed by atoms with Gasteiger partial charge >= 0.3 is 0 Å². The Balaban J connectivity index is 2.09. The quantitative estimate of drug-likeness (QED) is 0.883. The molecule has 0 saturated carbocycles. The first-order valence-electron chi connectivity index (χ1n) is 6.81. The number of nitrogens with zero attached hydrogens (tertiary/aromatic N) is 2. The molecule has 0 spiro atoms. The Morgan fingerprint density at radius 3 is 2.55 bits per heavy atom. The Morgan fingerprint density at radius 2 is 2.05 bits per heavy atom. The molecule has 1 aromatic rings. The van der Waals surface area contributed by atoms with Gasteiger partial charge in [0, 0.05) is 25.2 Å². The summed E-state index contributed by atoms with van der Waals surface area (Å²) in [7, 11) is 0. The highest BCUT2D eigenvalue weighted by molar-refractivity contribution is 7.15. The molecule has 6 nitrogen and oxygen atoms in total. The molecule has 0 aliphatic carbocycles. The highest BCUT2D eigenvalue weighted by Gasteiger charge is 2.39. The lowest BCUT2D eigenvalue weighted by atomic mass is 9.79. The van der Waals surface area contributed by atoms with E-state index >= 15 is 0 Å². The molecule has 2 heterocycles. The molecule has 0 bridgehead atoms. The van der Waals surface area contributed by atoms with Gasteiger partial charge in [-0.2, -0.15) is 0 Å². The van der Waals surface area contributed by atoms with E-state index in [1.807, 2.05) is 0 Å². The van der Waals surface area contributed by atoms with Crippen LogP contribution in [0.4, 0.5) is 5.13 Å². The Morgan fingerprint density at radius 1 is 1.40 bits per heavy atom. The lowest BCUT2D eigenvalue weighted by molar-refractivity contribution is -0.130. The summed E-state index contributed by atoms with van der Waals surface area (Å²) in [6.07, 6.45) is 1.31. The summed E-state index contributed by atoms with van der Waals surface area (Å²) in [6, 6.07) is 0. The molecule has 0 unspecified atom stereocenters. The second-order valence-corrected chi connectivity index (χ2v) is 7.19. The topological polar surface area (TPSA) is 90.1 Å². The molecule has 2 rings (SSSR count). The standard InChI is InChI=1S/C13H22N4O2S/c1-12(2,3)10-16-17-11(20-10)15-9(18)13(8-14)4-6-19-7-5-13/h4-8,14H2,1-3H3,(H,15,17,18). The monoisotopic (exact) mass is 298 g/mol. The predicted molar refractivity (Wildman–Crippen MR) is 78.8 cm³/mol. The third-order valence-electron chi connectivity index (χ3n) is 3.61. The second kappa shape index (κ2) is 5.75. The minimum atomic E-state index is -0.536. The SMILES string of the molecule is CC(C)(C)c1nnc(NC(=O)C2(CN)CCOCC2)s1. The highest BCUT2D eigenvalue weighted by Crippen LogP contribution is 2.32. The van der Waals surface area contributed by atoms with Crippen LogP contribution in [0.2, 0.25) is 0 Å². The average molecular weight is 298 g/mol. The second-order valence-electron chi connectivity index (χ2n) is 6.21. The van der Waals surface area contributed by atoms with Crippen molar-refractivity contribution in [3.63, 3.8) is 0 Å². The van der Waals surface area contributed by atoms with Gasteiger partial charge in [0.25, 0.3) is 0 Å². The predicted octanol–water partition coefficient (Wildman–Crippen LogP) is 1.53. The summed E-state index contributed by atoms with van der Waals surface area (Å²) in [6.45, 7) is 7.69. The van der Waals surface area contributed by atoms with E-state index in [0.717, 1.165) is 5.01 Å². The van der Waals surface area contributed by atoms with Crippen LogP contribution in [0.25, 0.3) is 0 Å². The number of nitrogens with one attached hydrogen (secondary N) is 1. The maximum atomic E-state index is 12.5. The van der Waals surface area contributed by atoms with Gasteiger partial charge in [0.1, 0.15) is 5.01 Å². The van der Waals surface area contributed by atoms with Crippen molar-refractivity contribution in [1.82, 2.24) is 10.2 Å². The highest BCUT2D eigenvalue weighted by atomic mass is 32.1. The van der Waals surface area contributed by atoms with E-state index in [1.165, 1.54) is 11.3 Å². The van der Waals surface area contributed by atoms with E-state index < -0.39 is 5.41 Å². The molecule has 1 fully saturated rings. The molecular weight excluding hydrogens is 276 g/mol. The number of hydrogen-bond acceptors (Lipinski definition) is 6. The van der Waals surface area contributed by atoms with Crippen LogP contribution in [0.3, 0.4) is 0 Å². The summed E-state index contributed by atoms with van der Waals surface area (Å²) in [5.41, 5.74) is 5.22. The molecule has 7 heteroatoms. The number of amides is 1. The first-order valence-corrected chi connectivity index (χ1v) is 7.62. The minimum Gasteiger partial charge on any atom is -0.381 e. The Bertz CT molecular complexity index is 475. The van der Waals surface area contributed by atoms with Crippen LogP contribution >= 0.6 is 11.3 Å². The van der Waals surface area contributed by atoms with E-state index in [4.69, 9.17) is 10.5 Å². The van der Waals surface area contributed by atoms with Gasteiger partial charge in [0.05, 0.1) is 5.41 Å². The molecule has 0 atom stereocenters. The van der Waals surface area contributed by atoms with Gasteiger partial charge in [0.15, 0.2) is 0 Å². The molecule has 20 heavy (non-hydrogen) atoms. The van der Waals surface area contributed by atoms with Gasteiger partial charge in [-0.25, -0.2) is 0 Å². The van der Waals surface area contributed by atoms with Crippen LogP contribution in [0.1, 0.15) is 38.6 Å².